The van der Waals surface area contributed by atoms with E-state index in [1.165, 1.54) is 25.7 Å². The van der Waals surface area contributed by atoms with Crippen LogP contribution in [0.5, 0.6) is 0 Å². The highest BCUT2D eigenvalue weighted by Crippen LogP contribution is 2.43. The summed E-state index contributed by atoms with van der Waals surface area (Å²) in [6.45, 7) is 2.02. The van der Waals surface area contributed by atoms with Gasteiger partial charge in [0.15, 0.2) is 0 Å². The van der Waals surface area contributed by atoms with Crippen LogP contribution in [0, 0.1) is 0 Å². The van der Waals surface area contributed by atoms with Crippen molar-refractivity contribution >= 4 is 5.91 Å². The monoisotopic (exact) mass is 223 g/mol. The standard InChI is InChI=1S/C12H21N3O/c1-14-12(5-2-3-6-12)8-11(16)15(14)10-4-7-13-9-10/h10,13H,2-9H2,1H3. The Kier molecular flexibility index (Phi) is 2.44. The first kappa shape index (κ1) is 10.5. The van der Waals surface area contributed by atoms with Crippen LogP contribution in [0.2, 0.25) is 0 Å². The van der Waals surface area contributed by atoms with Crippen molar-refractivity contribution in [2.24, 2.45) is 0 Å². The lowest BCUT2D eigenvalue weighted by molar-refractivity contribution is -0.143. The number of rotatable bonds is 1. The molecule has 1 unspecified atom stereocenters. The summed E-state index contributed by atoms with van der Waals surface area (Å²) in [5, 5.41) is 7.67. The third-order valence-corrected chi connectivity index (χ3v) is 4.66. The van der Waals surface area contributed by atoms with Crippen molar-refractivity contribution < 1.29 is 4.79 Å². The fraction of sp³-hybridized carbons (Fsp3) is 0.917. The van der Waals surface area contributed by atoms with Crippen molar-refractivity contribution in [1.82, 2.24) is 15.3 Å². The zero-order valence-corrected chi connectivity index (χ0v) is 10.0. The van der Waals surface area contributed by atoms with Crippen LogP contribution in [0.1, 0.15) is 38.5 Å². The largest absolute Gasteiger partial charge is 0.315 e. The Balaban J connectivity index is 1.81. The molecule has 0 aromatic rings. The molecular weight excluding hydrogens is 202 g/mol. The molecule has 0 aromatic carbocycles. The van der Waals surface area contributed by atoms with Crippen LogP contribution in [0.4, 0.5) is 0 Å². The lowest BCUT2D eigenvalue weighted by atomic mass is 9.94. The van der Waals surface area contributed by atoms with Crippen molar-refractivity contribution in [3.05, 3.63) is 0 Å². The van der Waals surface area contributed by atoms with Gasteiger partial charge in [-0.2, -0.15) is 0 Å². The van der Waals surface area contributed by atoms with Gasteiger partial charge in [-0.05, 0) is 25.8 Å². The first-order valence-electron chi connectivity index (χ1n) is 6.49. The third kappa shape index (κ3) is 1.39. The highest BCUT2D eigenvalue weighted by molar-refractivity contribution is 5.79. The number of hydrogen-bond donors (Lipinski definition) is 1. The summed E-state index contributed by atoms with van der Waals surface area (Å²) in [6, 6.07) is 0.400. The molecule has 2 heterocycles. The molecule has 16 heavy (non-hydrogen) atoms. The number of nitrogens with zero attached hydrogens (tertiary/aromatic N) is 2. The number of nitrogens with one attached hydrogen (secondary N) is 1. The Morgan fingerprint density at radius 1 is 1.38 bits per heavy atom. The first-order valence-corrected chi connectivity index (χ1v) is 6.49. The van der Waals surface area contributed by atoms with Gasteiger partial charge in [0.25, 0.3) is 0 Å². The Morgan fingerprint density at radius 2 is 2.12 bits per heavy atom. The predicted octanol–water partition coefficient (Wildman–Crippen LogP) is 0.740. The van der Waals surface area contributed by atoms with Gasteiger partial charge < -0.3 is 5.32 Å². The number of hydrogen-bond acceptors (Lipinski definition) is 3. The van der Waals surface area contributed by atoms with Crippen molar-refractivity contribution in [1.29, 1.82) is 0 Å². The number of hydrazine groups is 1. The van der Waals surface area contributed by atoms with Crippen LogP contribution in [-0.4, -0.2) is 47.6 Å². The lowest BCUT2D eigenvalue weighted by Crippen LogP contribution is -2.51. The quantitative estimate of drug-likeness (QED) is 0.712. The van der Waals surface area contributed by atoms with Crippen LogP contribution >= 0.6 is 0 Å². The molecule has 1 atom stereocenters. The zero-order valence-electron chi connectivity index (χ0n) is 10.0. The maximum Gasteiger partial charge on any atom is 0.239 e. The third-order valence-electron chi connectivity index (χ3n) is 4.66. The molecule has 0 bridgehead atoms. The van der Waals surface area contributed by atoms with Crippen LogP contribution in [0.25, 0.3) is 0 Å². The number of carbonyl (C=O) groups excluding carboxylic acids is 1. The molecule has 2 saturated heterocycles. The Labute approximate surface area is 96.9 Å². The van der Waals surface area contributed by atoms with Crippen LogP contribution < -0.4 is 5.32 Å². The second-order valence-corrected chi connectivity index (χ2v) is 5.52. The minimum absolute atomic E-state index is 0.180. The molecule has 4 nitrogen and oxygen atoms in total. The normalized spacial score (nSPS) is 34.4. The highest BCUT2D eigenvalue weighted by Gasteiger charge is 2.51. The van der Waals surface area contributed by atoms with Crippen molar-refractivity contribution in [3.8, 4) is 0 Å². The fourth-order valence-corrected chi connectivity index (χ4v) is 3.70. The molecule has 1 N–H and O–H groups in total. The average Bonchev–Trinajstić information content (AvgIpc) is 2.92. The highest BCUT2D eigenvalue weighted by atomic mass is 16.2. The van der Waals surface area contributed by atoms with E-state index in [0.29, 0.717) is 11.9 Å². The van der Waals surface area contributed by atoms with E-state index in [0.717, 1.165) is 25.9 Å². The summed E-state index contributed by atoms with van der Waals surface area (Å²) in [4.78, 5) is 12.2. The van der Waals surface area contributed by atoms with Crippen LogP contribution in [-0.2, 0) is 4.79 Å². The van der Waals surface area contributed by atoms with Gasteiger partial charge in [-0.3, -0.25) is 9.80 Å². The molecule has 1 aliphatic carbocycles. The molecule has 1 spiro atoms. The van der Waals surface area contributed by atoms with Crippen molar-refractivity contribution in [2.45, 2.75) is 50.1 Å². The average molecular weight is 223 g/mol. The SMILES string of the molecule is CN1N(C2CCNC2)C(=O)CC12CCCC2. The molecule has 4 heteroatoms. The summed E-state index contributed by atoms with van der Waals surface area (Å²) in [7, 11) is 2.12. The minimum atomic E-state index is 0.180. The summed E-state index contributed by atoms with van der Waals surface area (Å²) < 4.78 is 0. The lowest BCUT2D eigenvalue weighted by Gasteiger charge is -2.38. The summed E-state index contributed by atoms with van der Waals surface area (Å²) in [6.07, 6.45) is 6.83. The van der Waals surface area contributed by atoms with E-state index in [4.69, 9.17) is 0 Å². The van der Waals surface area contributed by atoms with Gasteiger partial charge in [0, 0.05) is 25.6 Å². The Bertz CT molecular complexity index is 293. The van der Waals surface area contributed by atoms with E-state index >= 15 is 0 Å². The molecule has 1 amide bonds. The van der Waals surface area contributed by atoms with Gasteiger partial charge in [0.2, 0.25) is 5.91 Å². The van der Waals surface area contributed by atoms with Gasteiger partial charge in [-0.25, -0.2) is 5.01 Å². The molecule has 2 aliphatic heterocycles. The van der Waals surface area contributed by atoms with E-state index in [9.17, 15) is 4.79 Å². The van der Waals surface area contributed by atoms with Gasteiger partial charge in [-0.1, -0.05) is 12.8 Å². The fourth-order valence-electron chi connectivity index (χ4n) is 3.70. The number of carbonyl (C=O) groups is 1. The molecule has 0 aromatic heterocycles. The molecule has 3 rings (SSSR count). The molecule has 90 valence electrons. The summed E-state index contributed by atoms with van der Waals surface area (Å²) in [5.74, 6) is 0.345. The molecule has 3 aliphatic rings. The van der Waals surface area contributed by atoms with E-state index in [1.54, 1.807) is 0 Å². The second kappa shape index (κ2) is 3.70. The van der Waals surface area contributed by atoms with E-state index in [1.807, 2.05) is 5.01 Å². The van der Waals surface area contributed by atoms with Crippen LogP contribution in [0.15, 0.2) is 0 Å². The Morgan fingerprint density at radius 3 is 2.75 bits per heavy atom. The van der Waals surface area contributed by atoms with Crippen molar-refractivity contribution in [3.63, 3.8) is 0 Å². The maximum absolute atomic E-state index is 12.2. The van der Waals surface area contributed by atoms with Crippen molar-refractivity contribution in [2.75, 3.05) is 20.1 Å². The van der Waals surface area contributed by atoms with E-state index in [-0.39, 0.29) is 5.54 Å². The smallest absolute Gasteiger partial charge is 0.239 e. The molecule has 0 radical (unpaired) electrons. The zero-order chi connectivity index (χ0) is 11.2. The van der Waals surface area contributed by atoms with E-state index < -0.39 is 0 Å². The minimum Gasteiger partial charge on any atom is -0.315 e. The molecular formula is C12H21N3O. The predicted molar refractivity (Wildman–Crippen MR) is 61.7 cm³/mol. The maximum atomic E-state index is 12.2. The second-order valence-electron chi connectivity index (χ2n) is 5.52. The van der Waals surface area contributed by atoms with Gasteiger partial charge >= 0.3 is 0 Å². The van der Waals surface area contributed by atoms with Gasteiger partial charge in [0.1, 0.15) is 0 Å². The summed E-state index contributed by atoms with van der Waals surface area (Å²) in [5.41, 5.74) is 0.180. The number of amides is 1. The topological polar surface area (TPSA) is 35.6 Å². The van der Waals surface area contributed by atoms with Gasteiger partial charge in [-0.15, -0.1) is 0 Å². The first-order chi connectivity index (χ1) is 7.73. The van der Waals surface area contributed by atoms with Gasteiger partial charge in [0.05, 0.1) is 6.04 Å². The molecule has 3 fully saturated rings. The molecule has 1 saturated carbocycles. The summed E-state index contributed by atoms with van der Waals surface area (Å²) >= 11 is 0. The van der Waals surface area contributed by atoms with Crippen LogP contribution in [0.3, 0.4) is 0 Å². The van der Waals surface area contributed by atoms with E-state index in [2.05, 4.69) is 17.4 Å². The Hall–Kier alpha value is -0.610.